The van der Waals surface area contributed by atoms with Crippen molar-refractivity contribution in [3.8, 4) is 0 Å². The smallest absolute Gasteiger partial charge is 0.224 e. The van der Waals surface area contributed by atoms with Crippen molar-refractivity contribution in [3.63, 3.8) is 0 Å². The molecule has 120 valence electrons. The van der Waals surface area contributed by atoms with Crippen molar-refractivity contribution < 1.29 is 14.7 Å². The lowest BCUT2D eigenvalue weighted by Gasteiger charge is -2.28. The van der Waals surface area contributed by atoms with Gasteiger partial charge in [-0.3, -0.25) is 4.79 Å². The van der Waals surface area contributed by atoms with E-state index in [2.05, 4.69) is 10.3 Å². The predicted octanol–water partition coefficient (Wildman–Crippen LogP) is 1.16. The Balaban J connectivity index is 1.59. The Morgan fingerprint density at radius 2 is 1.91 bits per heavy atom. The van der Waals surface area contributed by atoms with E-state index in [9.17, 15) is 14.7 Å². The Kier molecular flexibility index (Phi) is 4.46. The van der Waals surface area contributed by atoms with E-state index in [1.165, 1.54) is 0 Å². The molecule has 0 aliphatic heterocycles. The van der Waals surface area contributed by atoms with Crippen LogP contribution in [0, 0.1) is 11.8 Å². The molecule has 1 heterocycles. The van der Waals surface area contributed by atoms with Crippen LogP contribution in [0.1, 0.15) is 18.4 Å². The van der Waals surface area contributed by atoms with Gasteiger partial charge in [0.25, 0.3) is 0 Å². The Morgan fingerprint density at radius 3 is 2.70 bits per heavy atom. The zero-order valence-corrected chi connectivity index (χ0v) is 12.7. The molecule has 1 aromatic heterocycles. The maximum Gasteiger partial charge on any atom is 0.224 e. The standard InChI is InChI=1S/C18H20N2O3/c21-17(14-6-1-2-7-15(14)18(22)23)19-10-9-12-11-20-16-8-4-3-5-13(12)16/h1-5,8,11,14-15,20H,6-7,9-10H2,(H,19,21)(H,22,23)/p-1/t14-,15+/m0/s1. The van der Waals surface area contributed by atoms with Crippen LogP contribution in [0.25, 0.3) is 10.9 Å². The number of hydrogen-bond donors (Lipinski definition) is 2. The lowest BCUT2D eigenvalue weighted by molar-refractivity contribution is -0.313. The number of aromatic nitrogens is 1. The number of carbonyl (C=O) groups excluding carboxylic acids is 2. The molecule has 0 spiro atoms. The summed E-state index contributed by atoms with van der Waals surface area (Å²) < 4.78 is 0. The Labute approximate surface area is 134 Å². The zero-order chi connectivity index (χ0) is 16.2. The number of carbonyl (C=O) groups is 2. The van der Waals surface area contributed by atoms with Crippen molar-refractivity contribution in [2.24, 2.45) is 11.8 Å². The molecule has 5 heteroatoms. The molecule has 2 atom stereocenters. The second kappa shape index (κ2) is 6.69. The fourth-order valence-corrected chi connectivity index (χ4v) is 3.15. The molecule has 23 heavy (non-hydrogen) atoms. The summed E-state index contributed by atoms with van der Waals surface area (Å²) in [5.74, 6) is -2.62. The number of carboxylic acid groups (broad SMARTS) is 1. The third kappa shape index (κ3) is 3.28. The van der Waals surface area contributed by atoms with Gasteiger partial charge in [-0.15, -0.1) is 0 Å². The van der Waals surface area contributed by atoms with Crippen LogP contribution in [0.4, 0.5) is 0 Å². The van der Waals surface area contributed by atoms with E-state index >= 15 is 0 Å². The minimum atomic E-state index is -1.15. The summed E-state index contributed by atoms with van der Waals surface area (Å²) in [4.78, 5) is 26.6. The zero-order valence-electron chi connectivity index (χ0n) is 12.7. The molecule has 1 amide bonds. The number of fused-ring (bicyclic) bond motifs is 1. The van der Waals surface area contributed by atoms with E-state index in [4.69, 9.17) is 0 Å². The summed E-state index contributed by atoms with van der Waals surface area (Å²) in [6.07, 6.45) is 7.14. The predicted molar refractivity (Wildman–Crippen MR) is 85.4 cm³/mol. The lowest BCUT2D eigenvalue weighted by Crippen LogP contribution is -2.44. The van der Waals surface area contributed by atoms with Crippen molar-refractivity contribution in [3.05, 3.63) is 48.2 Å². The molecule has 0 bridgehead atoms. The molecular weight excluding hydrogens is 292 g/mol. The van der Waals surface area contributed by atoms with Gasteiger partial charge in [0.05, 0.1) is 0 Å². The van der Waals surface area contributed by atoms with Gasteiger partial charge in [0, 0.05) is 41.4 Å². The molecule has 1 aliphatic rings. The first-order valence-electron chi connectivity index (χ1n) is 7.85. The monoisotopic (exact) mass is 311 g/mol. The number of benzene rings is 1. The number of amides is 1. The largest absolute Gasteiger partial charge is 0.550 e. The average Bonchev–Trinajstić information content (AvgIpc) is 2.98. The number of H-pyrrole nitrogens is 1. The molecule has 0 radical (unpaired) electrons. The third-order valence-electron chi connectivity index (χ3n) is 4.44. The topological polar surface area (TPSA) is 85.0 Å². The van der Waals surface area contributed by atoms with Crippen LogP contribution in [0.3, 0.4) is 0 Å². The number of aliphatic carboxylic acids is 1. The van der Waals surface area contributed by atoms with Gasteiger partial charge in [-0.05, 0) is 30.9 Å². The number of aromatic amines is 1. The first kappa shape index (κ1) is 15.3. The summed E-state index contributed by atoms with van der Waals surface area (Å²) in [5.41, 5.74) is 2.21. The van der Waals surface area contributed by atoms with Crippen LogP contribution in [0.2, 0.25) is 0 Å². The number of para-hydroxylation sites is 1. The molecule has 0 fully saturated rings. The van der Waals surface area contributed by atoms with Gasteiger partial charge in [-0.1, -0.05) is 30.4 Å². The highest BCUT2D eigenvalue weighted by molar-refractivity contribution is 5.85. The Bertz CT molecular complexity index is 748. The van der Waals surface area contributed by atoms with Crippen LogP contribution in [0.15, 0.2) is 42.6 Å². The molecule has 3 rings (SSSR count). The molecule has 1 aliphatic carbocycles. The van der Waals surface area contributed by atoms with Crippen molar-refractivity contribution in [2.45, 2.75) is 19.3 Å². The van der Waals surface area contributed by atoms with Crippen molar-refractivity contribution in [2.75, 3.05) is 6.54 Å². The van der Waals surface area contributed by atoms with Crippen molar-refractivity contribution >= 4 is 22.8 Å². The molecule has 2 aromatic rings. The van der Waals surface area contributed by atoms with E-state index in [1.54, 1.807) is 6.08 Å². The molecule has 1 aromatic carbocycles. The number of allylic oxidation sites excluding steroid dienone is 2. The highest BCUT2D eigenvalue weighted by atomic mass is 16.4. The van der Waals surface area contributed by atoms with Gasteiger partial charge >= 0.3 is 0 Å². The maximum atomic E-state index is 12.3. The van der Waals surface area contributed by atoms with Gasteiger partial charge < -0.3 is 20.2 Å². The minimum absolute atomic E-state index is 0.205. The molecule has 0 saturated heterocycles. The van der Waals surface area contributed by atoms with Crippen molar-refractivity contribution in [1.82, 2.24) is 10.3 Å². The van der Waals surface area contributed by atoms with E-state index < -0.39 is 17.8 Å². The van der Waals surface area contributed by atoms with Gasteiger partial charge in [0.2, 0.25) is 5.91 Å². The highest BCUT2D eigenvalue weighted by Crippen LogP contribution is 2.25. The summed E-state index contributed by atoms with van der Waals surface area (Å²) in [6, 6.07) is 8.01. The normalized spacial score (nSPS) is 20.5. The van der Waals surface area contributed by atoms with Crippen LogP contribution in [-0.4, -0.2) is 23.4 Å². The van der Waals surface area contributed by atoms with Gasteiger partial charge in [0.15, 0.2) is 0 Å². The number of nitrogens with one attached hydrogen (secondary N) is 2. The van der Waals surface area contributed by atoms with E-state index in [0.29, 0.717) is 25.8 Å². The average molecular weight is 311 g/mol. The quantitative estimate of drug-likeness (QED) is 0.813. The van der Waals surface area contributed by atoms with Crippen LogP contribution in [0.5, 0.6) is 0 Å². The number of hydrogen-bond acceptors (Lipinski definition) is 3. The van der Waals surface area contributed by atoms with E-state index in [-0.39, 0.29) is 5.91 Å². The van der Waals surface area contributed by atoms with Crippen LogP contribution >= 0.6 is 0 Å². The molecular formula is C18H19N2O3-. The highest BCUT2D eigenvalue weighted by Gasteiger charge is 2.29. The SMILES string of the molecule is O=C(NCCc1c[nH]c2ccccc12)[C@H]1CC=CC[C@H]1C(=O)[O-]. The van der Waals surface area contributed by atoms with Gasteiger partial charge in [0.1, 0.15) is 0 Å². The first-order chi connectivity index (χ1) is 11.2. The molecule has 5 nitrogen and oxygen atoms in total. The summed E-state index contributed by atoms with van der Waals surface area (Å²) in [6.45, 7) is 0.487. The summed E-state index contributed by atoms with van der Waals surface area (Å²) >= 11 is 0. The third-order valence-corrected chi connectivity index (χ3v) is 4.44. The van der Waals surface area contributed by atoms with E-state index in [1.807, 2.05) is 36.5 Å². The van der Waals surface area contributed by atoms with E-state index in [0.717, 1.165) is 16.5 Å². The van der Waals surface area contributed by atoms with Gasteiger partial charge in [-0.25, -0.2) is 0 Å². The van der Waals surface area contributed by atoms with Gasteiger partial charge in [-0.2, -0.15) is 0 Å². The van der Waals surface area contributed by atoms with Crippen LogP contribution < -0.4 is 10.4 Å². The molecule has 0 unspecified atom stereocenters. The fourth-order valence-electron chi connectivity index (χ4n) is 3.15. The second-order valence-corrected chi connectivity index (χ2v) is 5.88. The maximum absolute atomic E-state index is 12.3. The summed E-state index contributed by atoms with van der Waals surface area (Å²) in [5, 5.41) is 15.2. The minimum Gasteiger partial charge on any atom is -0.550 e. The first-order valence-corrected chi connectivity index (χ1v) is 7.85. The van der Waals surface area contributed by atoms with Crippen molar-refractivity contribution in [1.29, 1.82) is 0 Å². The van der Waals surface area contributed by atoms with Crippen LogP contribution in [-0.2, 0) is 16.0 Å². The number of carboxylic acids is 1. The fraction of sp³-hybridized carbons (Fsp3) is 0.333. The second-order valence-electron chi connectivity index (χ2n) is 5.88. The number of rotatable bonds is 5. The Morgan fingerprint density at radius 1 is 1.17 bits per heavy atom. The lowest BCUT2D eigenvalue weighted by atomic mass is 9.82. The Hall–Kier alpha value is -2.56. The molecule has 2 N–H and O–H groups in total. The molecule has 0 saturated carbocycles. The summed E-state index contributed by atoms with van der Waals surface area (Å²) in [7, 11) is 0.